The molecule has 62 valence electrons. The van der Waals surface area contributed by atoms with Crippen molar-refractivity contribution >= 4 is 66.6 Å². The third kappa shape index (κ3) is 1.37. The Hall–Kier alpha value is 0.570. The highest BCUT2D eigenvalue weighted by Gasteiger charge is 2.07. The van der Waals surface area contributed by atoms with Crippen molar-refractivity contribution in [3.63, 3.8) is 0 Å². The van der Waals surface area contributed by atoms with E-state index < -0.39 is 0 Å². The van der Waals surface area contributed by atoms with Gasteiger partial charge in [-0.1, -0.05) is 0 Å². The van der Waals surface area contributed by atoms with Crippen LogP contribution in [-0.4, -0.2) is 0 Å². The Kier molecular flexibility index (Phi) is 2.57. The van der Waals surface area contributed by atoms with E-state index in [1.54, 1.807) is 5.38 Å². The summed E-state index contributed by atoms with van der Waals surface area (Å²) < 4.78 is 16.5. The molecule has 0 fully saturated rings. The van der Waals surface area contributed by atoms with Crippen molar-refractivity contribution < 1.29 is 4.39 Å². The molecule has 0 aliphatic heterocycles. The first-order valence-corrected chi connectivity index (χ1v) is 6.24. The van der Waals surface area contributed by atoms with Crippen molar-refractivity contribution in [3.05, 3.63) is 30.5 Å². The first-order chi connectivity index (χ1) is 5.70. The molecule has 0 spiro atoms. The number of halogens is 3. The van der Waals surface area contributed by atoms with E-state index in [1.807, 2.05) is 12.1 Å². The van der Waals surface area contributed by atoms with Gasteiger partial charge in [-0.25, -0.2) is 4.39 Å². The summed E-state index contributed by atoms with van der Waals surface area (Å²) in [5.74, 6) is -0.107. The van der Waals surface area contributed by atoms with Gasteiger partial charge in [-0.05, 0) is 57.3 Å². The van der Waals surface area contributed by atoms with Crippen molar-refractivity contribution in [2.45, 2.75) is 0 Å². The monoisotopic (exact) mass is 404 g/mol. The number of fused-ring (bicyclic) bond motifs is 1. The van der Waals surface area contributed by atoms with E-state index >= 15 is 0 Å². The van der Waals surface area contributed by atoms with E-state index in [-0.39, 0.29) is 5.82 Å². The van der Waals surface area contributed by atoms with Gasteiger partial charge < -0.3 is 0 Å². The molecule has 0 unspecified atom stereocenters. The molecular weight excluding hydrogens is 401 g/mol. The van der Waals surface area contributed by atoms with Gasteiger partial charge in [0.2, 0.25) is 0 Å². The zero-order chi connectivity index (χ0) is 8.72. The van der Waals surface area contributed by atoms with Crippen LogP contribution in [0.2, 0.25) is 0 Å². The zero-order valence-electron chi connectivity index (χ0n) is 5.77. The molecule has 0 amide bonds. The number of hydrogen-bond donors (Lipinski definition) is 0. The molecule has 0 nitrogen and oxygen atoms in total. The fraction of sp³-hybridized carbons (Fsp3) is 0. The summed E-state index contributed by atoms with van der Waals surface area (Å²) in [6, 6.07) is 3.78. The molecule has 0 aliphatic rings. The van der Waals surface area contributed by atoms with E-state index in [2.05, 4.69) is 45.2 Å². The first-order valence-electron chi connectivity index (χ1n) is 3.21. The molecule has 2 aromatic rings. The first kappa shape index (κ1) is 9.14. The minimum Gasteiger partial charge on any atom is -0.205 e. The van der Waals surface area contributed by atoms with Gasteiger partial charge in [-0.3, -0.25) is 0 Å². The Balaban J connectivity index is 2.93. The maximum atomic E-state index is 13.1. The van der Waals surface area contributed by atoms with Crippen LogP contribution in [0.4, 0.5) is 4.39 Å². The molecule has 0 radical (unpaired) electrons. The maximum Gasteiger partial charge on any atom is 0.141 e. The quantitative estimate of drug-likeness (QED) is 0.577. The third-order valence-electron chi connectivity index (χ3n) is 1.59. The molecule has 0 saturated heterocycles. The highest BCUT2D eigenvalue weighted by atomic mass is 127. The molecule has 4 heteroatoms. The third-order valence-corrected chi connectivity index (χ3v) is 5.99. The minimum atomic E-state index is -0.107. The molecule has 0 aliphatic carbocycles. The highest BCUT2D eigenvalue weighted by Crippen LogP contribution is 2.31. The van der Waals surface area contributed by atoms with Crippen LogP contribution in [0.3, 0.4) is 0 Å². The summed E-state index contributed by atoms with van der Waals surface area (Å²) in [7, 11) is 0. The molecule has 1 aromatic carbocycles. The van der Waals surface area contributed by atoms with E-state index in [1.165, 1.54) is 14.9 Å². The van der Waals surface area contributed by atoms with Gasteiger partial charge in [-0.15, -0.1) is 11.3 Å². The van der Waals surface area contributed by atoms with Crippen molar-refractivity contribution in [3.8, 4) is 0 Å². The highest BCUT2D eigenvalue weighted by molar-refractivity contribution is 14.1. The van der Waals surface area contributed by atoms with Crippen LogP contribution in [0.5, 0.6) is 0 Å². The fourth-order valence-electron chi connectivity index (χ4n) is 1.01. The number of hydrogen-bond acceptors (Lipinski definition) is 1. The van der Waals surface area contributed by atoms with Crippen LogP contribution in [0.25, 0.3) is 10.1 Å². The Bertz CT molecular complexity index is 436. The summed E-state index contributed by atoms with van der Waals surface area (Å²) in [6.07, 6.45) is 0. The van der Waals surface area contributed by atoms with Crippen LogP contribution in [0.15, 0.2) is 17.5 Å². The minimum absolute atomic E-state index is 0.107. The number of benzene rings is 1. The second kappa shape index (κ2) is 3.38. The largest absolute Gasteiger partial charge is 0.205 e. The number of thiophene rings is 1. The summed E-state index contributed by atoms with van der Waals surface area (Å²) in [5.41, 5.74) is 0. The van der Waals surface area contributed by atoms with E-state index in [9.17, 15) is 4.39 Å². The molecule has 0 saturated carbocycles. The molecule has 2 rings (SSSR count). The fourth-order valence-corrected chi connectivity index (χ4v) is 3.35. The predicted octanol–water partition coefficient (Wildman–Crippen LogP) is 4.25. The Morgan fingerprint density at radius 2 is 2.00 bits per heavy atom. The van der Waals surface area contributed by atoms with Crippen molar-refractivity contribution in [2.24, 2.45) is 0 Å². The van der Waals surface area contributed by atoms with Crippen LogP contribution in [0, 0.1) is 13.0 Å². The summed E-state index contributed by atoms with van der Waals surface area (Å²) in [4.78, 5) is 0. The summed E-state index contributed by atoms with van der Waals surface area (Å²) in [5, 5.41) is 2.30. The van der Waals surface area contributed by atoms with Gasteiger partial charge in [0.15, 0.2) is 0 Å². The summed E-state index contributed by atoms with van der Waals surface area (Å²) in [6.45, 7) is 0. The average molecular weight is 404 g/mol. The van der Waals surface area contributed by atoms with Crippen molar-refractivity contribution in [1.82, 2.24) is 0 Å². The molecule has 0 N–H and O–H groups in total. The molecule has 0 atom stereocenters. The van der Waals surface area contributed by atoms with Gasteiger partial charge in [-0.2, -0.15) is 0 Å². The van der Waals surface area contributed by atoms with Crippen LogP contribution in [0.1, 0.15) is 0 Å². The Labute approximate surface area is 100 Å². The average Bonchev–Trinajstić information content (AvgIpc) is 2.41. The second-order valence-corrected chi connectivity index (χ2v) is 5.44. The SMILES string of the molecule is Fc1csc2c(I)c(I)ccc12. The molecule has 1 heterocycles. The zero-order valence-corrected chi connectivity index (χ0v) is 10.9. The van der Waals surface area contributed by atoms with E-state index in [4.69, 9.17) is 0 Å². The molecular formula is C8H3FI2S. The maximum absolute atomic E-state index is 13.1. The smallest absolute Gasteiger partial charge is 0.141 e. The van der Waals surface area contributed by atoms with Gasteiger partial charge in [0, 0.05) is 17.9 Å². The second-order valence-electron chi connectivity index (χ2n) is 2.32. The topological polar surface area (TPSA) is 0 Å². The lowest BCUT2D eigenvalue weighted by Gasteiger charge is -1.96. The Morgan fingerprint density at radius 3 is 2.75 bits per heavy atom. The van der Waals surface area contributed by atoms with Crippen LogP contribution in [-0.2, 0) is 0 Å². The lowest BCUT2D eigenvalue weighted by atomic mass is 10.3. The van der Waals surface area contributed by atoms with Gasteiger partial charge in [0.25, 0.3) is 0 Å². The predicted molar refractivity (Wildman–Crippen MR) is 67.2 cm³/mol. The van der Waals surface area contributed by atoms with Crippen LogP contribution >= 0.6 is 56.5 Å². The summed E-state index contributed by atoms with van der Waals surface area (Å²) >= 11 is 5.98. The standard InChI is InChI=1S/C8H3FI2S/c9-5-3-12-8-4(5)1-2-6(10)7(8)11/h1-3H. The lowest BCUT2D eigenvalue weighted by molar-refractivity contribution is 0.644. The lowest BCUT2D eigenvalue weighted by Crippen LogP contribution is -1.78. The molecule has 1 aromatic heterocycles. The van der Waals surface area contributed by atoms with Gasteiger partial charge in [0.1, 0.15) is 5.82 Å². The van der Waals surface area contributed by atoms with E-state index in [0.29, 0.717) is 0 Å². The normalized spacial score (nSPS) is 10.9. The van der Waals surface area contributed by atoms with Gasteiger partial charge in [0.05, 0.1) is 4.70 Å². The van der Waals surface area contributed by atoms with Crippen LogP contribution < -0.4 is 0 Å². The Morgan fingerprint density at radius 1 is 1.25 bits per heavy atom. The van der Waals surface area contributed by atoms with Crippen molar-refractivity contribution in [2.75, 3.05) is 0 Å². The van der Waals surface area contributed by atoms with Gasteiger partial charge >= 0.3 is 0 Å². The van der Waals surface area contributed by atoms with E-state index in [0.717, 1.165) is 13.7 Å². The molecule has 12 heavy (non-hydrogen) atoms. The molecule has 0 bridgehead atoms. The number of rotatable bonds is 0. The van der Waals surface area contributed by atoms with Crippen molar-refractivity contribution in [1.29, 1.82) is 0 Å².